The number of carbonyl (C=O) groups is 1. The van der Waals surface area contributed by atoms with E-state index in [1.807, 2.05) is 20.8 Å². The third-order valence-corrected chi connectivity index (χ3v) is 5.64. The highest BCUT2D eigenvalue weighted by atomic mass is 79.9. The predicted octanol–water partition coefficient (Wildman–Crippen LogP) is 4.86. The Kier molecular flexibility index (Phi) is 7.22. The van der Waals surface area contributed by atoms with Gasteiger partial charge in [-0.05, 0) is 31.2 Å². The van der Waals surface area contributed by atoms with E-state index in [1.54, 1.807) is 18.2 Å². The number of halogens is 2. The third kappa shape index (κ3) is 5.33. The number of nitrogens with zero attached hydrogens (tertiary/aromatic N) is 4. The van der Waals surface area contributed by atoms with Gasteiger partial charge in [-0.2, -0.15) is 9.78 Å². The highest BCUT2D eigenvalue weighted by Crippen LogP contribution is 2.35. The zero-order valence-electron chi connectivity index (χ0n) is 18.6. The molecule has 3 rings (SSSR count). The molecule has 0 amide bonds. The molecule has 0 bridgehead atoms. The number of fused-ring (bicyclic) bond motifs is 1. The van der Waals surface area contributed by atoms with Crippen LogP contribution in [0, 0.1) is 10.1 Å². The predicted molar refractivity (Wildman–Crippen MR) is 134 cm³/mol. The maximum atomic E-state index is 13.3. The number of nitro groups is 1. The molecule has 1 N–H and O–H groups in total. The van der Waals surface area contributed by atoms with Crippen LogP contribution in [0.3, 0.4) is 0 Å². The zero-order chi connectivity index (χ0) is 25.4. The van der Waals surface area contributed by atoms with Gasteiger partial charge < -0.3 is 9.84 Å². The highest BCUT2D eigenvalue weighted by molar-refractivity contribution is 9.10. The van der Waals surface area contributed by atoms with Gasteiger partial charge >= 0.3 is 11.7 Å². The van der Waals surface area contributed by atoms with Crippen LogP contribution in [0.25, 0.3) is 10.9 Å². The smallest absolute Gasteiger partial charge is 0.344 e. The number of hydrogen-bond donors (Lipinski definition) is 1. The van der Waals surface area contributed by atoms with Gasteiger partial charge in [0.25, 0.3) is 5.56 Å². The van der Waals surface area contributed by atoms with E-state index in [1.165, 1.54) is 25.3 Å². The fraction of sp³-hybridized carbons (Fsp3) is 0.273. The van der Waals surface area contributed by atoms with Gasteiger partial charge in [0.1, 0.15) is 5.82 Å². The first-order valence-corrected chi connectivity index (χ1v) is 11.5. The van der Waals surface area contributed by atoms with Crippen molar-refractivity contribution in [1.82, 2.24) is 9.66 Å². The van der Waals surface area contributed by atoms with Crippen molar-refractivity contribution in [1.29, 1.82) is 0 Å². The average Bonchev–Trinajstić information content (AvgIpc) is 2.73. The molecule has 12 heteroatoms. The standard InChI is InChI=1S/C22H20Br2N4O6/c1-11(20(30)31)34-18-12(7-14(24)9-17(18)28(32)33)10-25-27-19(29)15-8-13(23)5-6-16(15)26-21(27)22(2,3)4/h5-11H,1-4H3,(H,30,31)/t11-/m1/s1. The first kappa shape index (κ1) is 25.5. The van der Waals surface area contributed by atoms with E-state index in [-0.39, 0.29) is 11.3 Å². The monoisotopic (exact) mass is 594 g/mol. The maximum Gasteiger partial charge on any atom is 0.344 e. The molecule has 34 heavy (non-hydrogen) atoms. The Morgan fingerprint density at radius 3 is 2.53 bits per heavy atom. The first-order chi connectivity index (χ1) is 15.8. The molecular formula is C22H20Br2N4O6. The van der Waals surface area contributed by atoms with Crippen molar-refractivity contribution >= 4 is 60.6 Å². The van der Waals surface area contributed by atoms with Gasteiger partial charge in [0.2, 0.25) is 5.75 Å². The summed E-state index contributed by atoms with van der Waals surface area (Å²) in [5.74, 6) is -1.21. The molecule has 0 aliphatic heterocycles. The Balaban J connectivity index is 2.27. The first-order valence-electron chi connectivity index (χ1n) is 9.94. The van der Waals surface area contributed by atoms with E-state index in [2.05, 4.69) is 41.9 Å². The minimum absolute atomic E-state index is 0.107. The second-order valence-electron chi connectivity index (χ2n) is 8.41. The summed E-state index contributed by atoms with van der Waals surface area (Å²) in [4.78, 5) is 40.2. The van der Waals surface area contributed by atoms with Crippen LogP contribution < -0.4 is 10.3 Å². The SMILES string of the molecule is C[C@@H](Oc1c(C=Nn2c(C(C)(C)C)nc3ccc(Br)cc3c2=O)cc(Br)cc1[N+](=O)[O-])C(=O)O. The molecular weight excluding hydrogens is 576 g/mol. The maximum absolute atomic E-state index is 13.3. The Hall–Kier alpha value is -3.12. The minimum atomic E-state index is -1.36. The topological polar surface area (TPSA) is 137 Å². The summed E-state index contributed by atoms with van der Waals surface area (Å²) in [7, 11) is 0. The molecule has 10 nitrogen and oxygen atoms in total. The van der Waals surface area contributed by atoms with Gasteiger partial charge in [-0.15, -0.1) is 0 Å². The van der Waals surface area contributed by atoms with Crippen LogP contribution in [-0.2, 0) is 10.2 Å². The molecule has 0 spiro atoms. The lowest BCUT2D eigenvalue weighted by Gasteiger charge is -2.21. The molecule has 1 heterocycles. The van der Waals surface area contributed by atoms with E-state index >= 15 is 0 Å². The Bertz CT molecular complexity index is 1390. The van der Waals surface area contributed by atoms with Gasteiger partial charge in [-0.3, -0.25) is 14.9 Å². The number of ether oxygens (including phenoxy) is 1. The number of rotatable bonds is 6. The van der Waals surface area contributed by atoms with Crippen LogP contribution >= 0.6 is 31.9 Å². The molecule has 3 aromatic rings. The summed E-state index contributed by atoms with van der Waals surface area (Å²) < 4.78 is 7.57. The summed E-state index contributed by atoms with van der Waals surface area (Å²) in [6.45, 7) is 6.87. The molecule has 0 aliphatic rings. The molecule has 0 saturated heterocycles. The van der Waals surface area contributed by atoms with Crippen LogP contribution in [0.15, 0.2) is 49.2 Å². The van der Waals surface area contributed by atoms with Crippen molar-refractivity contribution in [3.8, 4) is 5.75 Å². The average molecular weight is 596 g/mol. The van der Waals surface area contributed by atoms with Crippen molar-refractivity contribution in [2.75, 3.05) is 0 Å². The number of benzene rings is 2. The minimum Gasteiger partial charge on any atom is -0.479 e. The van der Waals surface area contributed by atoms with Gasteiger partial charge in [0.05, 0.1) is 22.0 Å². The highest BCUT2D eigenvalue weighted by Gasteiger charge is 2.26. The van der Waals surface area contributed by atoms with Crippen LogP contribution in [-0.4, -0.2) is 38.0 Å². The summed E-state index contributed by atoms with van der Waals surface area (Å²) in [6.07, 6.45) is -0.149. The number of carboxylic acids is 1. The van der Waals surface area contributed by atoms with Gasteiger partial charge in [-0.25, -0.2) is 9.78 Å². The van der Waals surface area contributed by atoms with E-state index < -0.39 is 33.7 Å². The largest absolute Gasteiger partial charge is 0.479 e. The molecule has 0 unspecified atom stereocenters. The molecule has 0 saturated carbocycles. The molecule has 178 valence electrons. The molecule has 1 aromatic heterocycles. The van der Waals surface area contributed by atoms with Crippen molar-refractivity contribution in [2.45, 2.75) is 39.2 Å². The fourth-order valence-electron chi connectivity index (χ4n) is 3.05. The second kappa shape index (κ2) is 9.63. The Morgan fingerprint density at radius 2 is 1.94 bits per heavy atom. The zero-order valence-corrected chi connectivity index (χ0v) is 21.7. The van der Waals surface area contributed by atoms with Crippen molar-refractivity contribution in [3.63, 3.8) is 0 Å². The summed E-state index contributed by atoms with van der Waals surface area (Å²) in [5.41, 5.74) is -0.846. The van der Waals surface area contributed by atoms with Crippen molar-refractivity contribution in [2.24, 2.45) is 5.10 Å². The molecule has 2 aromatic carbocycles. The molecule has 0 fully saturated rings. The number of aromatic nitrogens is 2. The van der Waals surface area contributed by atoms with Gasteiger partial charge in [-0.1, -0.05) is 52.6 Å². The van der Waals surface area contributed by atoms with Gasteiger partial charge in [0.15, 0.2) is 6.10 Å². The quantitative estimate of drug-likeness (QED) is 0.244. The lowest BCUT2D eigenvalue weighted by atomic mass is 9.95. The number of nitro benzene ring substituents is 1. The lowest BCUT2D eigenvalue weighted by Crippen LogP contribution is -2.29. The number of hydrogen-bond acceptors (Lipinski definition) is 7. The van der Waals surface area contributed by atoms with E-state index in [0.717, 1.165) is 4.68 Å². The van der Waals surface area contributed by atoms with E-state index in [9.17, 15) is 24.8 Å². The Labute approximate surface area is 210 Å². The van der Waals surface area contributed by atoms with E-state index in [0.29, 0.717) is 25.7 Å². The van der Waals surface area contributed by atoms with Crippen LogP contribution in [0.1, 0.15) is 39.1 Å². The van der Waals surface area contributed by atoms with Crippen LogP contribution in [0.2, 0.25) is 0 Å². The third-order valence-electron chi connectivity index (χ3n) is 4.69. The van der Waals surface area contributed by atoms with Crippen molar-refractivity contribution in [3.05, 3.63) is 71.1 Å². The number of aliphatic carboxylic acids is 1. The second-order valence-corrected chi connectivity index (χ2v) is 10.2. The van der Waals surface area contributed by atoms with Gasteiger partial charge in [0, 0.05) is 26.0 Å². The Morgan fingerprint density at radius 1 is 1.26 bits per heavy atom. The van der Waals surface area contributed by atoms with E-state index in [4.69, 9.17) is 4.74 Å². The molecule has 0 radical (unpaired) electrons. The molecule has 1 atom stereocenters. The normalized spacial score (nSPS) is 12.8. The summed E-state index contributed by atoms with van der Waals surface area (Å²) in [5, 5.41) is 25.5. The van der Waals surface area contributed by atoms with Crippen LogP contribution in [0.4, 0.5) is 5.69 Å². The lowest BCUT2D eigenvalue weighted by molar-refractivity contribution is -0.386. The van der Waals surface area contributed by atoms with Crippen molar-refractivity contribution < 1.29 is 19.6 Å². The summed E-state index contributed by atoms with van der Waals surface area (Å²) in [6, 6.07) is 7.82. The van der Waals surface area contributed by atoms with Crippen LogP contribution in [0.5, 0.6) is 5.75 Å². The summed E-state index contributed by atoms with van der Waals surface area (Å²) >= 11 is 6.56. The molecule has 0 aliphatic carbocycles. The fourth-order valence-corrected chi connectivity index (χ4v) is 3.87. The number of carboxylic acid groups (broad SMARTS) is 1.